The second kappa shape index (κ2) is 11.1. The third kappa shape index (κ3) is 6.32. The van der Waals surface area contributed by atoms with Gasteiger partial charge in [-0.1, -0.05) is 38.1 Å². The van der Waals surface area contributed by atoms with E-state index in [1.54, 1.807) is 12.1 Å². The fourth-order valence-electron chi connectivity index (χ4n) is 4.59. The molecule has 0 aromatic heterocycles. The molecule has 0 aliphatic carbocycles. The number of likely N-dealkylation sites (tertiary alicyclic amines) is 1. The Labute approximate surface area is 198 Å². The van der Waals surface area contributed by atoms with Crippen LogP contribution in [-0.2, 0) is 16.0 Å². The monoisotopic (exact) mass is 469 g/mol. The zero-order chi connectivity index (χ0) is 24.8. The smallest absolute Gasteiger partial charge is 0.326 e. The first kappa shape index (κ1) is 25.2. The zero-order valence-corrected chi connectivity index (χ0v) is 19.4. The normalized spacial score (nSPS) is 21.5. The maximum atomic E-state index is 12.6. The number of carbonyl (C=O) groups excluding carboxylic acids is 1. The average Bonchev–Trinajstić information content (AvgIpc) is 2.79. The minimum absolute atomic E-state index is 0.0310. The van der Waals surface area contributed by atoms with Gasteiger partial charge in [0.1, 0.15) is 11.8 Å². The van der Waals surface area contributed by atoms with Gasteiger partial charge < -0.3 is 15.5 Å². The third-order valence-corrected chi connectivity index (χ3v) is 6.72. The molecule has 2 aromatic rings. The molecule has 0 saturated carbocycles. The van der Waals surface area contributed by atoms with E-state index < -0.39 is 16.9 Å². The highest BCUT2D eigenvalue weighted by atomic mass is 16.6. The number of nitrogens with zero attached hydrogens (tertiary/aromatic N) is 2. The van der Waals surface area contributed by atoms with E-state index in [4.69, 9.17) is 0 Å². The van der Waals surface area contributed by atoms with E-state index in [0.717, 1.165) is 18.5 Å². The minimum Gasteiger partial charge on any atom is -0.508 e. The number of phenols is 1. The molecule has 1 unspecified atom stereocenters. The average molecular weight is 470 g/mol. The van der Waals surface area contributed by atoms with Crippen molar-refractivity contribution in [1.82, 2.24) is 10.2 Å². The van der Waals surface area contributed by atoms with Gasteiger partial charge >= 0.3 is 5.97 Å². The van der Waals surface area contributed by atoms with Crippen molar-refractivity contribution in [2.45, 2.75) is 45.2 Å². The van der Waals surface area contributed by atoms with E-state index in [2.05, 4.69) is 24.1 Å². The number of amides is 1. The molecule has 0 radical (unpaired) electrons. The Bertz CT molecular complexity index is 1030. The molecule has 1 saturated heterocycles. The lowest BCUT2D eigenvalue weighted by Gasteiger charge is -2.43. The Morgan fingerprint density at radius 3 is 2.53 bits per heavy atom. The predicted molar refractivity (Wildman–Crippen MR) is 126 cm³/mol. The lowest BCUT2D eigenvalue weighted by Crippen LogP contribution is -2.45. The Balaban J connectivity index is 1.63. The largest absolute Gasteiger partial charge is 0.508 e. The Hall–Kier alpha value is -3.46. The molecular weight excluding hydrogens is 438 g/mol. The second-order valence-corrected chi connectivity index (χ2v) is 9.04. The highest BCUT2D eigenvalue weighted by molar-refractivity contribution is 5.83. The van der Waals surface area contributed by atoms with Crippen LogP contribution in [0, 0.1) is 22.0 Å². The SMILES string of the molecule is C[C@@H]1CCN(CCC(=O)N[C@@H](Cc2ccc([N+](=O)[O-])cc2)C(=O)O)C(c2cccc(O)c2)[C@@H]1C. The molecule has 34 heavy (non-hydrogen) atoms. The van der Waals surface area contributed by atoms with Crippen molar-refractivity contribution in [3.8, 4) is 5.75 Å². The highest BCUT2D eigenvalue weighted by Crippen LogP contribution is 2.39. The zero-order valence-electron chi connectivity index (χ0n) is 19.4. The topological polar surface area (TPSA) is 133 Å². The van der Waals surface area contributed by atoms with Crippen LogP contribution in [0.1, 0.15) is 43.9 Å². The van der Waals surface area contributed by atoms with E-state index in [9.17, 15) is 29.9 Å². The van der Waals surface area contributed by atoms with Gasteiger partial charge in [-0.3, -0.25) is 19.8 Å². The summed E-state index contributed by atoms with van der Waals surface area (Å²) >= 11 is 0. The molecule has 1 aliphatic heterocycles. The number of carboxylic acids is 1. The van der Waals surface area contributed by atoms with Crippen molar-refractivity contribution in [2.24, 2.45) is 11.8 Å². The van der Waals surface area contributed by atoms with Crippen molar-refractivity contribution in [3.05, 3.63) is 69.8 Å². The number of hydrogen-bond donors (Lipinski definition) is 3. The third-order valence-electron chi connectivity index (χ3n) is 6.72. The number of benzene rings is 2. The van der Waals surface area contributed by atoms with Crippen LogP contribution in [0.25, 0.3) is 0 Å². The number of nitro benzene ring substituents is 1. The summed E-state index contributed by atoms with van der Waals surface area (Å²) in [6.45, 7) is 5.66. The number of phenolic OH excluding ortho intramolecular Hbond substituents is 1. The first-order chi connectivity index (χ1) is 16.2. The van der Waals surface area contributed by atoms with Crippen LogP contribution < -0.4 is 5.32 Å². The van der Waals surface area contributed by atoms with E-state index in [1.807, 2.05) is 12.1 Å². The van der Waals surface area contributed by atoms with Gasteiger partial charge in [-0.05, 0) is 48.1 Å². The fraction of sp³-hybridized carbons (Fsp3) is 0.440. The second-order valence-electron chi connectivity index (χ2n) is 9.04. The van der Waals surface area contributed by atoms with Crippen LogP contribution in [0.2, 0.25) is 0 Å². The number of rotatable bonds is 9. The van der Waals surface area contributed by atoms with Crippen molar-refractivity contribution >= 4 is 17.6 Å². The molecule has 182 valence electrons. The number of non-ortho nitro benzene ring substituents is 1. The maximum absolute atomic E-state index is 12.6. The van der Waals surface area contributed by atoms with Crippen LogP contribution in [0.5, 0.6) is 5.75 Å². The van der Waals surface area contributed by atoms with Crippen molar-refractivity contribution in [2.75, 3.05) is 13.1 Å². The molecule has 1 fully saturated rings. The van der Waals surface area contributed by atoms with Crippen molar-refractivity contribution < 1.29 is 24.7 Å². The van der Waals surface area contributed by atoms with Gasteiger partial charge in [0.2, 0.25) is 5.91 Å². The number of piperidine rings is 1. The van der Waals surface area contributed by atoms with Crippen LogP contribution >= 0.6 is 0 Å². The number of hydrogen-bond acceptors (Lipinski definition) is 6. The van der Waals surface area contributed by atoms with Gasteiger partial charge in [-0.2, -0.15) is 0 Å². The van der Waals surface area contributed by atoms with Crippen LogP contribution in [0.15, 0.2) is 48.5 Å². The summed E-state index contributed by atoms with van der Waals surface area (Å²) in [5.74, 6) is -0.501. The summed E-state index contributed by atoms with van der Waals surface area (Å²) in [4.78, 5) is 36.9. The van der Waals surface area contributed by atoms with Crippen LogP contribution in [0.3, 0.4) is 0 Å². The highest BCUT2D eigenvalue weighted by Gasteiger charge is 2.34. The van der Waals surface area contributed by atoms with Gasteiger partial charge in [0.15, 0.2) is 0 Å². The first-order valence-electron chi connectivity index (χ1n) is 11.4. The standard InChI is InChI=1S/C25H31N3O6/c1-16-10-12-27(24(17(16)2)19-4-3-5-21(29)15-19)13-11-23(30)26-22(25(31)32)14-18-6-8-20(9-7-18)28(33)34/h3-9,15-17,22,24,29H,10-14H2,1-2H3,(H,26,30)(H,31,32)/t16-,17-,22+,24?/m1/s1. The number of nitrogens with one attached hydrogen (secondary N) is 1. The van der Waals surface area contributed by atoms with E-state index in [-0.39, 0.29) is 36.2 Å². The molecule has 3 N–H and O–H groups in total. The van der Waals surface area contributed by atoms with Crippen molar-refractivity contribution in [3.63, 3.8) is 0 Å². The van der Waals surface area contributed by atoms with Gasteiger partial charge in [0.25, 0.3) is 5.69 Å². The van der Waals surface area contributed by atoms with E-state index >= 15 is 0 Å². The van der Waals surface area contributed by atoms with E-state index in [1.165, 1.54) is 24.3 Å². The minimum atomic E-state index is -1.16. The molecule has 9 nitrogen and oxygen atoms in total. The molecule has 2 aromatic carbocycles. The molecular formula is C25H31N3O6. The Morgan fingerprint density at radius 2 is 1.91 bits per heavy atom. The summed E-state index contributed by atoms with van der Waals surface area (Å²) in [6, 6.07) is 11.7. The van der Waals surface area contributed by atoms with Gasteiger partial charge in [-0.15, -0.1) is 0 Å². The molecule has 0 spiro atoms. The summed E-state index contributed by atoms with van der Waals surface area (Å²) in [6.07, 6.45) is 1.17. The summed E-state index contributed by atoms with van der Waals surface area (Å²) in [7, 11) is 0. The molecule has 4 atom stereocenters. The number of aliphatic carboxylic acids is 1. The molecule has 1 heterocycles. The molecule has 3 rings (SSSR count). The van der Waals surface area contributed by atoms with E-state index in [0.29, 0.717) is 23.9 Å². The maximum Gasteiger partial charge on any atom is 0.326 e. The molecule has 9 heteroatoms. The number of nitro groups is 1. The summed E-state index contributed by atoms with van der Waals surface area (Å²) in [5, 5.41) is 32.9. The van der Waals surface area contributed by atoms with Gasteiger partial charge in [-0.25, -0.2) is 4.79 Å². The lowest BCUT2D eigenvalue weighted by molar-refractivity contribution is -0.384. The Morgan fingerprint density at radius 1 is 1.21 bits per heavy atom. The number of carboxylic acid groups (broad SMARTS) is 1. The number of carbonyl (C=O) groups is 2. The molecule has 1 aliphatic rings. The van der Waals surface area contributed by atoms with Crippen LogP contribution in [0.4, 0.5) is 5.69 Å². The quantitative estimate of drug-likeness (QED) is 0.378. The molecule has 0 bridgehead atoms. The van der Waals surface area contributed by atoms with Crippen molar-refractivity contribution in [1.29, 1.82) is 0 Å². The van der Waals surface area contributed by atoms with Gasteiger partial charge in [0, 0.05) is 37.6 Å². The fourth-order valence-corrected chi connectivity index (χ4v) is 4.59. The predicted octanol–water partition coefficient (Wildman–Crippen LogP) is 3.52. The lowest BCUT2D eigenvalue weighted by atomic mass is 9.79. The number of aromatic hydroxyl groups is 1. The Kier molecular flexibility index (Phi) is 8.22. The summed E-state index contributed by atoms with van der Waals surface area (Å²) in [5.41, 5.74) is 1.51. The first-order valence-corrected chi connectivity index (χ1v) is 11.4. The van der Waals surface area contributed by atoms with Crippen LogP contribution in [-0.4, -0.2) is 51.0 Å². The summed E-state index contributed by atoms with van der Waals surface area (Å²) < 4.78 is 0. The van der Waals surface area contributed by atoms with Gasteiger partial charge in [0.05, 0.1) is 4.92 Å². The molecule has 1 amide bonds.